The Balaban J connectivity index is 2.31. The van der Waals surface area contributed by atoms with Crippen LogP contribution in [0.25, 0.3) is 6.08 Å². The second-order valence-corrected chi connectivity index (χ2v) is 8.18. The summed E-state index contributed by atoms with van der Waals surface area (Å²) in [5.74, 6) is 1.34. The Hall–Kier alpha value is -1.80. The smallest absolute Gasteiger partial charge is 0.130 e. The molecule has 0 saturated heterocycles. The molecular weight excluding hydrogens is 357 g/mol. The molecule has 3 atom stereocenters. The summed E-state index contributed by atoms with van der Waals surface area (Å²) >= 11 is 6.51. The largest absolute Gasteiger partial charge is 0.381 e. The van der Waals surface area contributed by atoms with E-state index in [1.165, 1.54) is 12.1 Å². The SMILES string of the molecule is C=C/C=C(/C1CC(C)CCC1Cc1cc(F)c(/C=C/C=C)cc1Cl)N(C)C. The summed E-state index contributed by atoms with van der Waals surface area (Å²) in [7, 11) is 4.16. The van der Waals surface area contributed by atoms with E-state index in [4.69, 9.17) is 11.6 Å². The zero-order chi connectivity index (χ0) is 20.0. The molecule has 0 N–H and O–H groups in total. The van der Waals surface area contributed by atoms with E-state index >= 15 is 0 Å². The maximum absolute atomic E-state index is 14.5. The number of allylic oxidation sites excluding steroid dienone is 5. The Labute approximate surface area is 168 Å². The minimum Gasteiger partial charge on any atom is -0.381 e. The van der Waals surface area contributed by atoms with Crippen LogP contribution in [0.1, 0.15) is 37.3 Å². The molecule has 3 unspecified atom stereocenters. The van der Waals surface area contributed by atoms with Gasteiger partial charge in [-0.1, -0.05) is 62.4 Å². The Morgan fingerprint density at radius 3 is 2.63 bits per heavy atom. The van der Waals surface area contributed by atoms with Crippen molar-refractivity contribution in [3.05, 3.63) is 77.3 Å². The van der Waals surface area contributed by atoms with Crippen LogP contribution in [-0.2, 0) is 6.42 Å². The molecule has 27 heavy (non-hydrogen) atoms. The summed E-state index contributed by atoms with van der Waals surface area (Å²) in [6.45, 7) is 9.82. The predicted molar refractivity (Wildman–Crippen MR) is 116 cm³/mol. The molecule has 146 valence electrons. The Morgan fingerprint density at radius 2 is 2.00 bits per heavy atom. The molecule has 1 aromatic rings. The minimum atomic E-state index is -0.234. The highest BCUT2D eigenvalue weighted by Gasteiger charge is 2.32. The molecule has 1 nitrogen and oxygen atoms in total. The van der Waals surface area contributed by atoms with Crippen molar-refractivity contribution in [1.82, 2.24) is 4.90 Å². The maximum Gasteiger partial charge on any atom is 0.130 e. The van der Waals surface area contributed by atoms with Crippen LogP contribution < -0.4 is 0 Å². The van der Waals surface area contributed by atoms with Crippen LogP contribution in [0.15, 0.2) is 55.3 Å². The number of benzene rings is 1. The average molecular weight is 388 g/mol. The zero-order valence-corrected chi connectivity index (χ0v) is 17.5. The molecule has 1 saturated carbocycles. The van der Waals surface area contributed by atoms with Gasteiger partial charge in [-0.2, -0.15) is 0 Å². The van der Waals surface area contributed by atoms with Crippen LogP contribution in [0.5, 0.6) is 0 Å². The maximum atomic E-state index is 14.5. The minimum absolute atomic E-state index is 0.234. The molecule has 0 aliphatic heterocycles. The van der Waals surface area contributed by atoms with Crippen molar-refractivity contribution < 1.29 is 4.39 Å². The van der Waals surface area contributed by atoms with Crippen LogP contribution >= 0.6 is 11.6 Å². The van der Waals surface area contributed by atoms with Gasteiger partial charge in [0, 0.05) is 36.3 Å². The summed E-state index contributed by atoms with van der Waals surface area (Å²) < 4.78 is 14.5. The molecule has 0 spiro atoms. The van der Waals surface area contributed by atoms with E-state index in [9.17, 15) is 4.39 Å². The molecular formula is C24H31ClFN. The first-order chi connectivity index (χ1) is 12.9. The Bertz CT molecular complexity index is 732. The lowest BCUT2D eigenvalue weighted by Gasteiger charge is -2.39. The quantitative estimate of drug-likeness (QED) is 0.459. The third-order valence-electron chi connectivity index (χ3n) is 5.50. The number of hydrogen-bond donors (Lipinski definition) is 0. The highest BCUT2D eigenvalue weighted by atomic mass is 35.5. The van der Waals surface area contributed by atoms with Crippen LogP contribution in [-0.4, -0.2) is 19.0 Å². The van der Waals surface area contributed by atoms with E-state index in [1.54, 1.807) is 30.4 Å². The third kappa shape index (κ3) is 5.59. The molecule has 1 aliphatic rings. The first-order valence-electron chi connectivity index (χ1n) is 9.64. The number of nitrogens with zero attached hydrogens (tertiary/aromatic N) is 1. The molecule has 0 amide bonds. The molecule has 0 aromatic heterocycles. The van der Waals surface area contributed by atoms with Crippen molar-refractivity contribution in [3.8, 4) is 0 Å². The predicted octanol–water partition coefficient (Wildman–Crippen LogP) is 6.90. The fraction of sp³-hybridized carbons (Fsp3) is 0.417. The molecule has 1 aromatic carbocycles. The van der Waals surface area contributed by atoms with Crippen molar-refractivity contribution in [2.24, 2.45) is 17.8 Å². The van der Waals surface area contributed by atoms with E-state index in [2.05, 4.69) is 45.2 Å². The second kappa shape index (κ2) is 9.94. The highest BCUT2D eigenvalue weighted by Crippen LogP contribution is 2.41. The van der Waals surface area contributed by atoms with Crippen molar-refractivity contribution in [1.29, 1.82) is 0 Å². The average Bonchev–Trinajstić information content (AvgIpc) is 2.62. The Kier molecular flexibility index (Phi) is 7.91. The molecule has 0 heterocycles. The van der Waals surface area contributed by atoms with E-state index in [-0.39, 0.29) is 5.82 Å². The summed E-state index contributed by atoms with van der Waals surface area (Å²) in [5.41, 5.74) is 2.69. The second-order valence-electron chi connectivity index (χ2n) is 7.77. The van der Waals surface area contributed by atoms with Gasteiger partial charge in [0.05, 0.1) is 0 Å². The van der Waals surface area contributed by atoms with Crippen LogP contribution in [0, 0.1) is 23.6 Å². The summed E-state index contributed by atoms with van der Waals surface area (Å²) in [6.07, 6.45) is 13.3. The monoisotopic (exact) mass is 387 g/mol. The molecule has 1 fully saturated rings. The highest BCUT2D eigenvalue weighted by molar-refractivity contribution is 6.31. The normalized spacial score (nSPS) is 23.4. The van der Waals surface area contributed by atoms with Gasteiger partial charge in [0.15, 0.2) is 0 Å². The van der Waals surface area contributed by atoms with Crippen molar-refractivity contribution in [2.45, 2.75) is 32.6 Å². The van der Waals surface area contributed by atoms with Gasteiger partial charge in [0.25, 0.3) is 0 Å². The van der Waals surface area contributed by atoms with E-state index < -0.39 is 0 Å². The van der Waals surface area contributed by atoms with Gasteiger partial charge in [-0.05, 0) is 54.9 Å². The van der Waals surface area contributed by atoms with E-state index in [0.717, 1.165) is 24.8 Å². The van der Waals surface area contributed by atoms with Crippen molar-refractivity contribution in [2.75, 3.05) is 14.1 Å². The van der Waals surface area contributed by atoms with Gasteiger partial charge in [-0.3, -0.25) is 0 Å². The number of halogens is 2. The fourth-order valence-corrected chi connectivity index (χ4v) is 4.37. The topological polar surface area (TPSA) is 3.24 Å². The lowest BCUT2D eigenvalue weighted by Crippen LogP contribution is -2.32. The van der Waals surface area contributed by atoms with Gasteiger partial charge in [0.1, 0.15) is 5.82 Å². The first-order valence-corrected chi connectivity index (χ1v) is 10.0. The number of rotatable bonds is 7. The fourth-order valence-electron chi connectivity index (χ4n) is 4.12. The summed E-state index contributed by atoms with van der Waals surface area (Å²) in [6, 6.07) is 3.33. The molecule has 3 heteroatoms. The van der Waals surface area contributed by atoms with Gasteiger partial charge < -0.3 is 4.90 Å². The van der Waals surface area contributed by atoms with Gasteiger partial charge in [0.2, 0.25) is 0 Å². The lowest BCUT2D eigenvalue weighted by atomic mass is 9.70. The molecule has 2 rings (SSSR count). The van der Waals surface area contributed by atoms with E-state index in [0.29, 0.717) is 28.3 Å². The summed E-state index contributed by atoms with van der Waals surface area (Å²) in [4.78, 5) is 2.18. The standard InChI is InChI=1S/C24H31ClFN/c1-6-8-10-19-15-22(25)20(16-23(19)26)14-18-12-11-17(3)13-21(18)24(9-7-2)27(4)5/h6-10,15-18,21H,1-2,11-14H2,3-5H3/b10-8+,24-9-. The molecule has 0 bridgehead atoms. The van der Waals surface area contributed by atoms with Crippen LogP contribution in [0.2, 0.25) is 5.02 Å². The van der Waals surface area contributed by atoms with Crippen molar-refractivity contribution >= 4 is 17.7 Å². The van der Waals surface area contributed by atoms with E-state index in [1.807, 2.05) is 6.08 Å². The van der Waals surface area contributed by atoms with Crippen LogP contribution in [0.3, 0.4) is 0 Å². The number of hydrogen-bond acceptors (Lipinski definition) is 1. The Morgan fingerprint density at radius 1 is 1.26 bits per heavy atom. The lowest BCUT2D eigenvalue weighted by molar-refractivity contribution is 0.190. The van der Waals surface area contributed by atoms with Gasteiger partial charge in [-0.25, -0.2) is 4.39 Å². The van der Waals surface area contributed by atoms with Gasteiger partial charge >= 0.3 is 0 Å². The summed E-state index contributed by atoms with van der Waals surface area (Å²) in [5, 5.41) is 0.636. The zero-order valence-electron chi connectivity index (χ0n) is 16.7. The van der Waals surface area contributed by atoms with Gasteiger partial charge in [-0.15, -0.1) is 0 Å². The third-order valence-corrected chi connectivity index (χ3v) is 5.85. The molecule has 0 radical (unpaired) electrons. The van der Waals surface area contributed by atoms with Crippen molar-refractivity contribution in [3.63, 3.8) is 0 Å². The molecule has 1 aliphatic carbocycles. The first kappa shape index (κ1) is 21.5. The van der Waals surface area contributed by atoms with Crippen LogP contribution in [0.4, 0.5) is 4.39 Å².